The monoisotopic (exact) mass is 366 g/mol. The summed E-state index contributed by atoms with van der Waals surface area (Å²) in [6.45, 7) is 6.42. The highest BCUT2D eigenvalue weighted by Crippen LogP contribution is 2.23. The number of furan rings is 1. The van der Waals surface area contributed by atoms with Gasteiger partial charge < -0.3 is 19.8 Å². The van der Waals surface area contributed by atoms with Crippen LogP contribution in [0.1, 0.15) is 37.7 Å². The van der Waals surface area contributed by atoms with E-state index in [0.29, 0.717) is 23.1 Å². The number of carbonyl (C=O) groups is 2. The molecule has 1 unspecified atom stereocenters. The fourth-order valence-electron chi connectivity index (χ4n) is 2.53. The molecule has 2 amide bonds. The molecule has 136 valence electrons. The lowest BCUT2D eigenvalue weighted by Gasteiger charge is -2.20. The smallest absolute Gasteiger partial charge is 0.407 e. The summed E-state index contributed by atoms with van der Waals surface area (Å²) in [5, 5.41) is 6.90. The summed E-state index contributed by atoms with van der Waals surface area (Å²) < 4.78 is 10.4. The maximum absolute atomic E-state index is 12.3. The van der Waals surface area contributed by atoms with Gasteiger partial charge in [0.1, 0.15) is 5.58 Å². The van der Waals surface area contributed by atoms with Crippen molar-refractivity contribution in [3.05, 3.63) is 35.0 Å². The highest BCUT2D eigenvalue weighted by Gasteiger charge is 2.18. The second-order valence-electron chi connectivity index (χ2n) is 6.19. The van der Waals surface area contributed by atoms with E-state index in [4.69, 9.17) is 20.8 Å². The number of hydrogen-bond donors (Lipinski definition) is 2. The summed E-state index contributed by atoms with van der Waals surface area (Å²) in [6, 6.07) is 6.59. The Morgan fingerprint density at radius 3 is 2.72 bits per heavy atom. The number of amides is 2. The van der Waals surface area contributed by atoms with Crippen molar-refractivity contribution in [2.75, 3.05) is 13.2 Å². The van der Waals surface area contributed by atoms with Gasteiger partial charge in [0.05, 0.1) is 6.61 Å². The topological polar surface area (TPSA) is 80.6 Å². The summed E-state index contributed by atoms with van der Waals surface area (Å²) in [7, 11) is 0. The summed E-state index contributed by atoms with van der Waals surface area (Å²) in [6.07, 6.45) is 0.232. The van der Waals surface area contributed by atoms with E-state index in [0.717, 1.165) is 11.8 Å². The van der Waals surface area contributed by atoms with Gasteiger partial charge in [-0.2, -0.15) is 0 Å². The van der Waals surface area contributed by atoms with Crippen molar-refractivity contribution in [2.45, 2.75) is 33.2 Å². The molecule has 0 radical (unpaired) electrons. The molecule has 0 aliphatic carbocycles. The number of ether oxygens (including phenoxy) is 1. The Hall–Kier alpha value is -2.21. The normalized spacial score (nSPS) is 12.2. The number of rotatable bonds is 7. The average molecular weight is 367 g/mol. The van der Waals surface area contributed by atoms with Crippen molar-refractivity contribution in [3.63, 3.8) is 0 Å². The molecule has 2 aromatic rings. The Balaban J connectivity index is 1.99. The molecule has 1 aromatic carbocycles. The molecular formula is C18H23ClN2O4. The molecule has 0 bridgehead atoms. The fraction of sp³-hybridized carbons (Fsp3) is 0.444. The zero-order valence-electron chi connectivity index (χ0n) is 14.6. The second kappa shape index (κ2) is 8.76. The van der Waals surface area contributed by atoms with Crippen molar-refractivity contribution in [1.29, 1.82) is 0 Å². The van der Waals surface area contributed by atoms with Crippen LogP contribution in [0.5, 0.6) is 0 Å². The summed E-state index contributed by atoms with van der Waals surface area (Å²) >= 11 is 5.94. The van der Waals surface area contributed by atoms with Gasteiger partial charge in [0, 0.05) is 23.0 Å². The Morgan fingerprint density at radius 1 is 1.28 bits per heavy atom. The van der Waals surface area contributed by atoms with Crippen molar-refractivity contribution < 1.29 is 18.7 Å². The molecule has 1 atom stereocenters. The molecule has 0 saturated heterocycles. The Kier molecular flexibility index (Phi) is 6.70. The van der Waals surface area contributed by atoms with E-state index in [-0.39, 0.29) is 24.3 Å². The number of benzene rings is 1. The van der Waals surface area contributed by atoms with Gasteiger partial charge in [0.25, 0.3) is 5.91 Å². The minimum Gasteiger partial charge on any atom is -0.451 e. The number of carbonyl (C=O) groups excluding carboxylic acids is 2. The highest BCUT2D eigenvalue weighted by atomic mass is 35.5. The van der Waals surface area contributed by atoms with Crippen molar-refractivity contribution in [1.82, 2.24) is 10.6 Å². The molecule has 6 nitrogen and oxygen atoms in total. The standard InChI is InChI=1S/C18H23ClN2O4/c1-4-24-18(23)21-14(7-11(2)3)10-20-17(22)16-9-12-8-13(19)5-6-15(12)25-16/h5-6,8-9,11,14H,4,7,10H2,1-3H3,(H,20,22)(H,21,23). The van der Waals surface area contributed by atoms with E-state index >= 15 is 0 Å². The largest absolute Gasteiger partial charge is 0.451 e. The first-order chi connectivity index (χ1) is 11.9. The van der Waals surface area contributed by atoms with Gasteiger partial charge in [0.2, 0.25) is 0 Å². The van der Waals surface area contributed by atoms with Crippen LogP contribution < -0.4 is 10.6 Å². The molecule has 1 aromatic heterocycles. The molecule has 0 aliphatic heterocycles. The van der Waals surface area contributed by atoms with E-state index in [9.17, 15) is 9.59 Å². The van der Waals surface area contributed by atoms with Crippen LogP contribution in [0.4, 0.5) is 4.79 Å². The van der Waals surface area contributed by atoms with Crippen LogP contribution in [-0.4, -0.2) is 31.2 Å². The molecule has 0 fully saturated rings. The van der Waals surface area contributed by atoms with Crippen LogP contribution in [0.2, 0.25) is 5.02 Å². The van der Waals surface area contributed by atoms with Gasteiger partial charge in [-0.05, 0) is 43.5 Å². The van der Waals surface area contributed by atoms with Crippen LogP contribution in [0, 0.1) is 5.92 Å². The molecule has 25 heavy (non-hydrogen) atoms. The molecule has 0 saturated carbocycles. The van der Waals surface area contributed by atoms with Crippen molar-refractivity contribution in [2.24, 2.45) is 5.92 Å². The molecule has 2 N–H and O–H groups in total. The zero-order chi connectivity index (χ0) is 18.4. The van der Waals surface area contributed by atoms with Gasteiger partial charge >= 0.3 is 6.09 Å². The van der Waals surface area contributed by atoms with Crippen LogP contribution >= 0.6 is 11.6 Å². The van der Waals surface area contributed by atoms with Gasteiger partial charge in [-0.25, -0.2) is 4.79 Å². The van der Waals surface area contributed by atoms with Gasteiger partial charge in [-0.1, -0.05) is 25.4 Å². The Labute approximate surface area is 151 Å². The van der Waals surface area contributed by atoms with E-state index in [2.05, 4.69) is 10.6 Å². The van der Waals surface area contributed by atoms with Gasteiger partial charge in [-0.3, -0.25) is 4.79 Å². The zero-order valence-corrected chi connectivity index (χ0v) is 15.4. The molecule has 1 heterocycles. The SMILES string of the molecule is CCOC(=O)NC(CNC(=O)c1cc2cc(Cl)ccc2o1)CC(C)C. The maximum atomic E-state index is 12.3. The first kappa shape index (κ1) is 19.1. The van der Waals surface area contributed by atoms with Crippen LogP contribution in [0.15, 0.2) is 28.7 Å². The lowest BCUT2D eigenvalue weighted by atomic mass is 10.0. The fourth-order valence-corrected chi connectivity index (χ4v) is 2.71. The third-order valence-corrected chi connectivity index (χ3v) is 3.80. The molecule has 0 spiro atoms. The van der Waals surface area contributed by atoms with E-state index in [1.165, 1.54) is 0 Å². The lowest BCUT2D eigenvalue weighted by Crippen LogP contribution is -2.44. The van der Waals surface area contributed by atoms with E-state index in [1.807, 2.05) is 13.8 Å². The van der Waals surface area contributed by atoms with Crippen LogP contribution in [-0.2, 0) is 4.74 Å². The van der Waals surface area contributed by atoms with Crippen LogP contribution in [0.3, 0.4) is 0 Å². The number of fused-ring (bicyclic) bond motifs is 1. The first-order valence-corrected chi connectivity index (χ1v) is 8.67. The van der Waals surface area contributed by atoms with E-state index < -0.39 is 6.09 Å². The summed E-state index contributed by atoms with van der Waals surface area (Å²) in [4.78, 5) is 23.9. The minimum atomic E-state index is -0.485. The number of alkyl carbamates (subject to hydrolysis) is 1. The quantitative estimate of drug-likeness (QED) is 0.776. The predicted molar refractivity (Wildman–Crippen MR) is 97.0 cm³/mol. The Morgan fingerprint density at radius 2 is 2.04 bits per heavy atom. The number of nitrogens with one attached hydrogen (secondary N) is 2. The molecule has 2 rings (SSSR count). The number of halogens is 1. The third-order valence-electron chi connectivity index (χ3n) is 3.56. The maximum Gasteiger partial charge on any atom is 0.407 e. The van der Waals surface area contributed by atoms with Gasteiger partial charge in [-0.15, -0.1) is 0 Å². The van der Waals surface area contributed by atoms with E-state index in [1.54, 1.807) is 31.2 Å². The summed E-state index contributed by atoms with van der Waals surface area (Å²) in [5.74, 6) is 0.223. The van der Waals surface area contributed by atoms with Gasteiger partial charge in [0.15, 0.2) is 5.76 Å². The second-order valence-corrected chi connectivity index (χ2v) is 6.63. The Bertz CT molecular complexity index is 742. The van der Waals surface area contributed by atoms with Crippen molar-refractivity contribution >= 4 is 34.6 Å². The predicted octanol–water partition coefficient (Wildman–Crippen LogP) is 3.98. The number of hydrogen-bond acceptors (Lipinski definition) is 4. The third kappa shape index (κ3) is 5.67. The lowest BCUT2D eigenvalue weighted by molar-refractivity contribution is 0.0919. The molecular weight excluding hydrogens is 344 g/mol. The minimum absolute atomic E-state index is 0.205. The van der Waals surface area contributed by atoms with Crippen molar-refractivity contribution in [3.8, 4) is 0 Å². The molecule has 7 heteroatoms. The first-order valence-electron chi connectivity index (χ1n) is 8.29. The summed E-state index contributed by atoms with van der Waals surface area (Å²) in [5.41, 5.74) is 0.595. The average Bonchev–Trinajstić information content (AvgIpc) is 2.95. The van der Waals surface area contributed by atoms with Crippen LogP contribution in [0.25, 0.3) is 11.0 Å². The highest BCUT2D eigenvalue weighted by molar-refractivity contribution is 6.31. The molecule has 0 aliphatic rings.